The van der Waals surface area contributed by atoms with Gasteiger partial charge in [0, 0.05) is 5.88 Å². The van der Waals surface area contributed by atoms with Crippen LogP contribution in [0.1, 0.15) is 47.5 Å². The van der Waals surface area contributed by atoms with Crippen molar-refractivity contribution in [1.29, 1.82) is 0 Å². The molecule has 0 aliphatic rings. The summed E-state index contributed by atoms with van der Waals surface area (Å²) in [6.45, 7) is 11.0. The molecule has 0 rings (SSSR count). The zero-order chi connectivity index (χ0) is 9.78. The molecule has 12 heavy (non-hydrogen) atoms. The van der Waals surface area contributed by atoms with Crippen LogP contribution < -0.4 is 0 Å². The Morgan fingerprint density at radius 1 is 1.17 bits per heavy atom. The first kappa shape index (κ1) is 12.0. The largest absolute Gasteiger partial charge is 0.126 e. The molecule has 0 aromatic heterocycles. The number of allylic oxidation sites excluding steroid dienone is 2. The van der Waals surface area contributed by atoms with Gasteiger partial charge < -0.3 is 0 Å². The highest BCUT2D eigenvalue weighted by molar-refractivity contribution is 6.18. The predicted molar refractivity (Wildman–Crippen MR) is 57.8 cm³/mol. The van der Waals surface area contributed by atoms with Crippen molar-refractivity contribution in [3.63, 3.8) is 0 Å². The van der Waals surface area contributed by atoms with E-state index in [9.17, 15) is 0 Å². The first-order valence-electron chi connectivity index (χ1n) is 4.58. The fraction of sp³-hybridized carbons (Fsp3) is 0.818. The summed E-state index contributed by atoms with van der Waals surface area (Å²) in [6.07, 6.45) is 2.37. The molecule has 1 heteroatoms. The average Bonchev–Trinajstić information content (AvgIpc) is 2.00. The van der Waals surface area contributed by atoms with E-state index < -0.39 is 0 Å². The molecule has 0 spiro atoms. The molecular weight excluding hydrogens is 168 g/mol. The van der Waals surface area contributed by atoms with Crippen molar-refractivity contribution in [2.24, 2.45) is 5.41 Å². The van der Waals surface area contributed by atoms with Gasteiger partial charge in [-0.25, -0.2) is 0 Å². The molecule has 0 aliphatic carbocycles. The van der Waals surface area contributed by atoms with E-state index in [-0.39, 0.29) is 5.41 Å². The molecule has 0 radical (unpaired) electrons. The maximum Gasteiger partial charge on any atom is 0.0274 e. The van der Waals surface area contributed by atoms with Crippen LogP contribution in [0.3, 0.4) is 0 Å². The number of hydrogen-bond donors (Lipinski definition) is 0. The smallest absolute Gasteiger partial charge is 0.0274 e. The molecule has 0 saturated carbocycles. The van der Waals surface area contributed by atoms with E-state index in [1.807, 2.05) is 0 Å². The van der Waals surface area contributed by atoms with E-state index in [4.69, 9.17) is 11.6 Å². The lowest BCUT2D eigenvalue weighted by molar-refractivity contribution is 0.383. The van der Waals surface area contributed by atoms with Gasteiger partial charge in [0.05, 0.1) is 0 Å². The summed E-state index contributed by atoms with van der Waals surface area (Å²) in [6, 6.07) is 0. The Hall–Kier alpha value is 0.0300. The Morgan fingerprint density at radius 2 is 1.67 bits per heavy atom. The van der Waals surface area contributed by atoms with Gasteiger partial charge in [0.1, 0.15) is 0 Å². The lowest BCUT2D eigenvalue weighted by Gasteiger charge is -2.21. The standard InChI is InChI=1S/C11H21Cl/c1-9(2)10(3)6-7-11(4,5)8-12/h6-8H2,1-5H3. The second kappa shape index (κ2) is 4.91. The van der Waals surface area contributed by atoms with Crippen molar-refractivity contribution in [3.05, 3.63) is 11.1 Å². The molecule has 0 aromatic rings. The third-order valence-corrected chi connectivity index (χ3v) is 3.12. The minimum atomic E-state index is 0.290. The molecule has 0 nitrogen and oxygen atoms in total. The predicted octanol–water partition coefficient (Wildman–Crippen LogP) is 4.39. The molecule has 72 valence electrons. The van der Waals surface area contributed by atoms with Crippen molar-refractivity contribution >= 4 is 11.6 Å². The van der Waals surface area contributed by atoms with Crippen LogP contribution in [0.5, 0.6) is 0 Å². The van der Waals surface area contributed by atoms with Crippen LogP contribution in [0.4, 0.5) is 0 Å². The highest BCUT2D eigenvalue weighted by Gasteiger charge is 2.15. The van der Waals surface area contributed by atoms with Gasteiger partial charge in [-0.2, -0.15) is 0 Å². The third-order valence-electron chi connectivity index (χ3n) is 2.39. The maximum absolute atomic E-state index is 5.84. The van der Waals surface area contributed by atoms with E-state index in [2.05, 4.69) is 34.6 Å². The van der Waals surface area contributed by atoms with Gasteiger partial charge in [-0.05, 0) is 39.0 Å². The van der Waals surface area contributed by atoms with E-state index in [1.54, 1.807) is 0 Å². The third kappa shape index (κ3) is 4.82. The van der Waals surface area contributed by atoms with Gasteiger partial charge in [0.25, 0.3) is 0 Å². The topological polar surface area (TPSA) is 0 Å². The van der Waals surface area contributed by atoms with Crippen molar-refractivity contribution in [2.75, 3.05) is 5.88 Å². The Labute approximate surface area is 82.0 Å². The van der Waals surface area contributed by atoms with Crippen LogP contribution in [-0.2, 0) is 0 Å². The summed E-state index contributed by atoms with van der Waals surface area (Å²) in [7, 11) is 0. The van der Waals surface area contributed by atoms with Gasteiger partial charge in [-0.1, -0.05) is 25.0 Å². The summed E-state index contributed by atoms with van der Waals surface area (Å²) in [5, 5.41) is 0. The fourth-order valence-corrected chi connectivity index (χ4v) is 0.976. The Morgan fingerprint density at radius 3 is 2.00 bits per heavy atom. The van der Waals surface area contributed by atoms with Crippen LogP contribution in [0.2, 0.25) is 0 Å². The second-order valence-electron chi connectivity index (χ2n) is 4.58. The molecule has 0 fully saturated rings. The number of hydrogen-bond acceptors (Lipinski definition) is 0. The summed E-state index contributed by atoms with van der Waals surface area (Å²) in [4.78, 5) is 0. The van der Waals surface area contributed by atoms with Crippen LogP contribution >= 0.6 is 11.6 Å². The molecule has 0 bridgehead atoms. The molecule has 0 N–H and O–H groups in total. The van der Waals surface area contributed by atoms with Crippen LogP contribution in [0.25, 0.3) is 0 Å². The van der Waals surface area contributed by atoms with E-state index >= 15 is 0 Å². The summed E-state index contributed by atoms with van der Waals surface area (Å²) < 4.78 is 0. The molecule has 0 unspecified atom stereocenters. The first-order valence-corrected chi connectivity index (χ1v) is 5.11. The zero-order valence-electron chi connectivity index (χ0n) is 9.00. The fourth-order valence-electron chi connectivity index (χ4n) is 0.843. The quantitative estimate of drug-likeness (QED) is 0.454. The van der Waals surface area contributed by atoms with E-state index in [1.165, 1.54) is 24.0 Å². The summed E-state index contributed by atoms with van der Waals surface area (Å²) in [5.74, 6) is 0.753. The molecule has 0 saturated heterocycles. The van der Waals surface area contributed by atoms with Gasteiger partial charge in [-0.15, -0.1) is 11.6 Å². The molecule has 0 heterocycles. The van der Waals surface area contributed by atoms with Crippen molar-refractivity contribution in [2.45, 2.75) is 47.5 Å². The molecule has 0 atom stereocenters. The molecule has 0 amide bonds. The molecular formula is C11H21Cl. The highest BCUT2D eigenvalue weighted by atomic mass is 35.5. The van der Waals surface area contributed by atoms with Crippen LogP contribution in [0.15, 0.2) is 11.1 Å². The van der Waals surface area contributed by atoms with Crippen molar-refractivity contribution in [1.82, 2.24) is 0 Å². The first-order chi connectivity index (χ1) is 5.39. The summed E-state index contributed by atoms with van der Waals surface area (Å²) in [5.41, 5.74) is 3.24. The minimum Gasteiger partial charge on any atom is -0.126 e. The maximum atomic E-state index is 5.84. The lowest BCUT2D eigenvalue weighted by Crippen LogP contribution is -2.13. The number of halogens is 1. The van der Waals surface area contributed by atoms with Gasteiger partial charge in [0.2, 0.25) is 0 Å². The SMILES string of the molecule is CC(C)=C(C)CCC(C)(C)CCl. The van der Waals surface area contributed by atoms with Gasteiger partial charge in [-0.3, -0.25) is 0 Å². The minimum absolute atomic E-state index is 0.290. The van der Waals surface area contributed by atoms with Crippen molar-refractivity contribution in [3.8, 4) is 0 Å². The molecule has 0 aliphatic heterocycles. The highest BCUT2D eigenvalue weighted by Crippen LogP contribution is 2.26. The average molecular weight is 189 g/mol. The van der Waals surface area contributed by atoms with Gasteiger partial charge in [0.15, 0.2) is 0 Å². The zero-order valence-corrected chi connectivity index (χ0v) is 9.76. The summed E-state index contributed by atoms with van der Waals surface area (Å²) >= 11 is 5.84. The van der Waals surface area contributed by atoms with Crippen LogP contribution in [-0.4, -0.2) is 5.88 Å². The van der Waals surface area contributed by atoms with Crippen molar-refractivity contribution < 1.29 is 0 Å². The Kier molecular flexibility index (Phi) is 4.92. The Bertz CT molecular complexity index is 162. The van der Waals surface area contributed by atoms with Crippen LogP contribution in [0, 0.1) is 5.41 Å². The number of rotatable bonds is 4. The second-order valence-corrected chi connectivity index (χ2v) is 4.85. The monoisotopic (exact) mass is 188 g/mol. The number of alkyl halides is 1. The normalized spacial score (nSPS) is 11.5. The van der Waals surface area contributed by atoms with E-state index in [0.717, 1.165) is 5.88 Å². The van der Waals surface area contributed by atoms with Gasteiger partial charge >= 0.3 is 0 Å². The van der Waals surface area contributed by atoms with E-state index in [0.29, 0.717) is 0 Å². The Balaban J connectivity index is 3.92. The molecule has 0 aromatic carbocycles. The lowest BCUT2D eigenvalue weighted by atomic mass is 9.88.